The molecule has 0 atom stereocenters. The summed E-state index contributed by atoms with van der Waals surface area (Å²) in [6.07, 6.45) is -4.21. The monoisotopic (exact) mass is 414 g/mol. The Kier molecular flexibility index (Phi) is 4.84. The number of alkyl halides is 3. The number of hydrogen-bond acceptors (Lipinski definition) is 6. The van der Waals surface area contributed by atoms with Crippen LogP contribution in [-0.2, 0) is 16.3 Å². The summed E-state index contributed by atoms with van der Waals surface area (Å²) in [5, 5.41) is -0.172. The summed E-state index contributed by atoms with van der Waals surface area (Å²) in [4.78, 5) is 12.9. The zero-order chi connectivity index (χ0) is 20.7. The predicted octanol–water partition coefficient (Wildman–Crippen LogP) is 3.83. The lowest BCUT2D eigenvalue weighted by molar-refractivity contribution is -0.152. The molecule has 1 heterocycles. The lowest BCUT2D eigenvalue weighted by atomic mass is 10.0. The topological polar surface area (TPSA) is 82.8 Å². The van der Waals surface area contributed by atoms with Gasteiger partial charge in [-0.1, -0.05) is 18.2 Å². The number of rotatable bonds is 4. The van der Waals surface area contributed by atoms with Gasteiger partial charge in [0.1, 0.15) is 17.1 Å². The van der Waals surface area contributed by atoms with E-state index < -0.39 is 38.6 Å². The summed E-state index contributed by atoms with van der Waals surface area (Å²) in [5.41, 5.74) is -2.18. The van der Waals surface area contributed by atoms with Crippen LogP contribution in [0, 0.1) is 0 Å². The van der Waals surface area contributed by atoms with E-state index in [1.165, 1.54) is 25.3 Å². The lowest BCUT2D eigenvalue weighted by Crippen LogP contribution is -2.16. The minimum atomic E-state index is -4.99. The van der Waals surface area contributed by atoms with Crippen molar-refractivity contribution in [2.45, 2.75) is 6.18 Å². The van der Waals surface area contributed by atoms with Crippen molar-refractivity contribution in [3.63, 3.8) is 0 Å². The SMILES string of the molecule is COc1ccccc1-c1c(C(F)(F)F)oc2cc(OS(C)(=O)=O)ccc2c1=O. The van der Waals surface area contributed by atoms with Crippen LogP contribution in [0.3, 0.4) is 0 Å². The van der Waals surface area contributed by atoms with Gasteiger partial charge in [0.25, 0.3) is 0 Å². The minimum Gasteiger partial charge on any atom is -0.496 e. The van der Waals surface area contributed by atoms with Crippen molar-refractivity contribution in [1.82, 2.24) is 0 Å². The highest BCUT2D eigenvalue weighted by Crippen LogP contribution is 2.40. The van der Waals surface area contributed by atoms with Gasteiger partial charge in [-0.2, -0.15) is 21.6 Å². The normalized spacial score (nSPS) is 12.2. The second-order valence-corrected chi connectivity index (χ2v) is 7.35. The molecule has 0 aliphatic carbocycles. The first-order chi connectivity index (χ1) is 13.0. The third kappa shape index (κ3) is 3.81. The van der Waals surface area contributed by atoms with Crippen LogP contribution in [0.15, 0.2) is 51.7 Å². The van der Waals surface area contributed by atoms with Gasteiger partial charge in [0.15, 0.2) is 0 Å². The first-order valence-electron chi connectivity index (χ1n) is 7.72. The Morgan fingerprint density at radius 3 is 2.36 bits per heavy atom. The number of methoxy groups -OCH3 is 1. The maximum atomic E-state index is 13.6. The molecule has 0 fully saturated rings. The molecule has 28 heavy (non-hydrogen) atoms. The zero-order valence-corrected chi connectivity index (χ0v) is 15.3. The fourth-order valence-electron chi connectivity index (χ4n) is 2.70. The number of fused-ring (bicyclic) bond motifs is 1. The van der Waals surface area contributed by atoms with Crippen molar-refractivity contribution in [3.8, 4) is 22.6 Å². The molecule has 1 aromatic heterocycles. The smallest absolute Gasteiger partial charge is 0.450 e. The van der Waals surface area contributed by atoms with Crippen molar-refractivity contribution in [1.29, 1.82) is 0 Å². The van der Waals surface area contributed by atoms with Gasteiger partial charge in [-0.15, -0.1) is 0 Å². The van der Waals surface area contributed by atoms with E-state index in [1.54, 1.807) is 6.07 Å². The molecule has 2 aromatic carbocycles. The highest BCUT2D eigenvalue weighted by Gasteiger charge is 2.40. The summed E-state index contributed by atoms with van der Waals surface area (Å²) in [5.74, 6) is -1.74. The molecule has 3 rings (SSSR count). The molecular weight excluding hydrogens is 401 g/mol. The van der Waals surface area contributed by atoms with Gasteiger partial charge in [-0.25, -0.2) is 0 Å². The Bertz CT molecular complexity index is 1210. The van der Waals surface area contributed by atoms with Crippen molar-refractivity contribution in [2.75, 3.05) is 13.4 Å². The second kappa shape index (κ2) is 6.86. The number of para-hydroxylation sites is 1. The van der Waals surface area contributed by atoms with Gasteiger partial charge in [0.2, 0.25) is 11.2 Å². The van der Waals surface area contributed by atoms with E-state index in [2.05, 4.69) is 4.18 Å². The average molecular weight is 414 g/mol. The summed E-state index contributed by atoms with van der Waals surface area (Å²) in [6, 6.07) is 8.95. The van der Waals surface area contributed by atoms with E-state index in [9.17, 15) is 26.4 Å². The van der Waals surface area contributed by atoms with E-state index in [0.29, 0.717) is 0 Å². The van der Waals surface area contributed by atoms with Crippen LogP contribution in [0.4, 0.5) is 13.2 Å². The molecule has 0 amide bonds. The Hall–Kier alpha value is -3.01. The van der Waals surface area contributed by atoms with Crippen LogP contribution in [0.2, 0.25) is 0 Å². The van der Waals surface area contributed by atoms with E-state index >= 15 is 0 Å². The Labute approximate surface area is 157 Å². The third-order valence-electron chi connectivity index (χ3n) is 3.75. The van der Waals surface area contributed by atoms with Crippen LogP contribution in [0.25, 0.3) is 22.1 Å². The predicted molar refractivity (Wildman–Crippen MR) is 94.9 cm³/mol. The van der Waals surface area contributed by atoms with Gasteiger partial charge in [0, 0.05) is 11.6 Å². The number of benzene rings is 2. The standard InChI is InChI=1S/C18H13F3O6S/c1-25-13-6-4-3-5-11(13)15-16(22)12-8-7-10(27-28(2,23)24)9-14(12)26-17(15)18(19,20)21/h3-9H,1-2H3. The van der Waals surface area contributed by atoms with Gasteiger partial charge >= 0.3 is 16.3 Å². The molecular formula is C18H13F3O6S. The van der Waals surface area contributed by atoms with E-state index in [0.717, 1.165) is 24.5 Å². The first kappa shape index (κ1) is 19.7. The van der Waals surface area contributed by atoms with Gasteiger partial charge in [-0.05, 0) is 18.2 Å². The van der Waals surface area contributed by atoms with Crippen molar-refractivity contribution in [3.05, 3.63) is 58.4 Å². The summed E-state index contributed by atoms with van der Waals surface area (Å²) in [6.45, 7) is 0. The summed E-state index contributed by atoms with van der Waals surface area (Å²) >= 11 is 0. The number of ether oxygens (including phenoxy) is 1. The van der Waals surface area contributed by atoms with Crippen molar-refractivity contribution < 1.29 is 34.9 Å². The molecule has 0 bridgehead atoms. The molecule has 0 spiro atoms. The summed E-state index contributed by atoms with van der Waals surface area (Å²) < 4.78 is 78.1. The Morgan fingerprint density at radius 1 is 1.07 bits per heavy atom. The largest absolute Gasteiger partial charge is 0.496 e. The molecule has 10 heteroatoms. The molecule has 0 saturated carbocycles. The van der Waals surface area contributed by atoms with Gasteiger partial charge < -0.3 is 13.3 Å². The number of hydrogen-bond donors (Lipinski definition) is 0. The average Bonchev–Trinajstić information content (AvgIpc) is 2.59. The van der Waals surface area contributed by atoms with Crippen LogP contribution < -0.4 is 14.3 Å². The molecule has 0 saturated heterocycles. The van der Waals surface area contributed by atoms with Crippen LogP contribution in [-0.4, -0.2) is 21.8 Å². The number of halogens is 3. The Balaban J connectivity index is 2.37. The fraction of sp³-hybridized carbons (Fsp3) is 0.167. The summed E-state index contributed by atoms with van der Waals surface area (Å²) in [7, 11) is -2.65. The molecule has 148 valence electrons. The van der Waals surface area contributed by atoms with Crippen molar-refractivity contribution >= 4 is 21.1 Å². The van der Waals surface area contributed by atoms with Crippen LogP contribution in [0.1, 0.15) is 5.76 Å². The van der Waals surface area contributed by atoms with Crippen LogP contribution in [0.5, 0.6) is 11.5 Å². The molecule has 0 unspecified atom stereocenters. The highest BCUT2D eigenvalue weighted by molar-refractivity contribution is 7.86. The lowest BCUT2D eigenvalue weighted by Gasteiger charge is -2.15. The molecule has 6 nitrogen and oxygen atoms in total. The van der Waals surface area contributed by atoms with E-state index in [-0.39, 0.29) is 22.4 Å². The van der Waals surface area contributed by atoms with Gasteiger partial charge in [-0.3, -0.25) is 4.79 Å². The van der Waals surface area contributed by atoms with Crippen molar-refractivity contribution in [2.24, 2.45) is 0 Å². The molecule has 0 radical (unpaired) electrons. The maximum absolute atomic E-state index is 13.6. The molecule has 0 aliphatic rings. The highest BCUT2D eigenvalue weighted by atomic mass is 32.2. The van der Waals surface area contributed by atoms with E-state index in [4.69, 9.17) is 9.15 Å². The maximum Gasteiger partial charge on any atom is 0.450 e. The fourth-order valence-corrected chi connectivity index (χ4v) is 3.15. The second-order valence-electron chi connectivity index (χ2n) is 5.78. The third-order valence-corrected chi connectivity index (χ3v) is 4.24. The first-order valence-corrected chi connectivity index (χ1v) is 9.54. The van der Waals surface area contributed by atoms with Gasteiger partial charge in [0.05, 0.1) is 24.3 Å². The molecule has 0 aliphatic heterocycles. The quantitative estimate of drug-likeness (QED) is 0.604. The Morgan fingerprint density at radius 2 is 1.75 bits per heavy atom. The molecule has 0 N–H and O–H groups in total. The zero-order valence-electron chi connectivity index (χ0n) is 14.5. The van der Waals surface area contributed by atoms with E-state index in [1.807, 2.05) is 0 Å². The minimum absolute atomic E-state index is 0.0664. The van der Waals surface area contributed by atoms with Crippen LogP contribution >= 0.6 is 0 Å². The molecule has 3 aromatic rings.